The van der Waals surface area contributed by atoms with E-state index in [1.54, 1.807) is 31.2 Å². The lowest BCUT2D eigenvalue weighted by Gasteiger charge is -2.21. The van der Waals surface area contributed by atoms with Crippen molar-refractivity contribution in [1.82, 2.24) is 5.32 Å². The number of anilines is 1. The molecular formula is C22H27N3O3. The van der Waals surface area contributed by atoms with Crippen LogP contribution in [0.4, 0.5) is 5.69 Å². The van der Waals surface area contributed by atoms with Crippen LogP contribution in [-0.4, -0.2) is 25.2 Å². The first kappa shape index (κ1) is 21.3. The summed E-state index contributed by atoms with van der Waals surface area (Å²) in [6, 6.07) is 14.2. The van der Waals surface area contributed by atoms with E-state index < -0.39 is 6.04 Å². The molecule has 0 saturated carbocycles. The maximum atomic E-state index is 12.5. The van der Waals surface area contributed by atoms with Crippen LogP contribution in [0.2, 0.25) is 0 Å². The van der Waals surface area contributed by atoms with Crippen LogP contribution in [0.25, 0.3) is 0 Å². The van der Waals surface area contributed by atoms with Crippen LogP contribution in [-0.2, 0) is 4.79 Å². The van der Waals surface area contributed by atoms with Gasteiger partial charge in [-0.3, -0.25) is 10.1 Å². The molecule has 0 aliphatic rings. The molecule has 2 aromatic carbocycles. The Balaban J connectivity index is 2.04. The minimum atomic E-state index is -0.428. The minimum absolute atomic E-state index is 0.0684. The number of carbonyl (C=O) groups excluding carboxylic acids is 1. The van der Waals surface area contributed by atoms with Crippen LogP contribution in [0.3, 0.4) is 0 Å². The second kappa shape index (κ2) is 10.3. The highest BCUT2D eigenvalue weighted by Crippen LogP contribution is 2.30. The van der Waals surface area contributed by atoms with Crippen molar-refractivity contribution in [1.29, 1.82) is 5.26 Å². The SMILES string of the molecule is CCOc1ccc([C@H](C)N[C@@H](C)C(=O)Nc2cccc(C#N)c2)cc1OCC. The van der Waals surface area contributed by atoms with E-state index in [1.165, 1.54) is 0 Å². The van der Waals surface area contributed by atoms with Crippen molar-refractivity contribution in [3.8, 4) is 17.6 Å². The van der Waals surface area contributed by atoms with Crippen LogP contribution in [0, 0.1) is 11.3 Å². The van der Waals surface area contributed by atoms with Crippen molar-refractivity contribution in [3.63, 3.8) is 0 Å². The summed E-state index contributed by atoms with van der Waals surface area (Å²) in [6.45, 7) is 8.77. The third-order valence-electron chi connectivity index (χ3n) is 4.22. The molecule has 0 spiro atoms. The Bertz CT molecular complexity index is 845. The van der Waals surface area contributed by atoms with Crippen LogP contribution < -0.4 is 20.1 Å². The fraction of sp³-hybridized carbons (Fsp3) is 0.364. The Morgan fingerprint density at radius 1 is 1.07 bits per heavy atom. The number of nitriles is 1. The van der Waals surface area contributed by atoms with Crippen LogP contribution in [0.15, 0.2) is 42.5 Å². The molecule has 0 saturated heterocycles. The highest BCUT2D eigenvalue weighted by Gasteiger charge is 2.18. The fourth-order valence-electron chi connectivity index (χ4n) is 2.80. The highest BCUT2D eigenvalue weighted by atomic mass is 16.5. The zero-order valence-electron chi connectivity index (χ0n) is 16.8. The highest BCUT2D eigenvalue weighted by molar-refractivity contribution is 5.94. The Morgan fingerprint density at radius 3 is 2.46 bits per heavy atom. The molecule has 28 heavy (non-hydrogen) atoms. The van der Waals surface area contributed by atoms with Gasteiger partial charge in [0.15, 0.2) is 11.5 Å². The third kappa shape index (κ3) is 5.73. The molecule has 0 bridgehead atoms. The molecule has 2 atom stereocenters. The molecule has 6 nitrogen and oxygen atoms in total. The van der Waals surface area contributed by atoms with Gasteiger partial charge in [-0.15, -0.1) is 0 Å². The van der Waals surface area contributed by atoms with Crippen molar-refractivity contribution in [2.45, 2.75) is 39.8 Å². The van der Waals surface area contributed by atoms with Crippen LogP contribution in [0.5, 0.6) is 11.5 Å². The normalized spacial score (nSPS) is 12.5. The molecule has 0 heterocycles. The predicted octanol–water partition coefficient (Wildman–Crippen LogP) is 4.03. The number of hydrogen-bond donors (Lipinski definition) is 2. The van der Waals surface area contributed by atoms with Gasteiger partial charge in [0.2, 0.25) is 5.91 Å². The number of benzene rings is 2. The molecule has 148 valence electrons. The molecule has 0 unspecified atom stereocenters. The number of ether oxygens (including phenoxy) is 2. The zero-order valence-corrected chi connectivity index (χ0v) is 16.8. The Hall–Kier alpha value is -3.04. The largest absolute Gasteiger partial charge is 0.490 e. The molecule has 1 amide bonds. The molecule has 0 radical (unpaired) electrons. The predicted molar refractivity (Wildman–Crippen MR) is 110 cm³/mol. The minimum Gasteiger partial charge on any atom is -0.490 e. The van der Waals surface area contributed by atoms with E-state index in [0.29, 0.717) is 36.0 Å². The van der Waals surface area contributed by atoms with E-state index in [2.05, 4.69) is 16.7 Å². The molecule has 0 aliphatic carbocycles. The van der Waals surface area contributed by atoms with Gasteiger partial charge in [-0.25, -0.2) is 0 Å². The van der Waals surface area contributed by atoms with Crippen molar-refractivity contribution in [3.05, 3.63) is 53.6 Å². The maximum Gasteiger partial charge on any atom is 0.241 e. The van der Waals surface area contributed by atoms with E-state index in [1.807, 2.05) is 39.0 Å². The third-order valence-corrected chi connectivity index (χ3v) is 4.22. The van der Waals surface area contributed by atoms with Gasteiger partial charge < -0.3 is 14.8 Å². The first-order chi connectivity index (χ1) is 13.5. The van der Waals surface area contributed by atoms with E-state index in [-0.39, 0.29) is 11.9 Å². The van der Waals surface area contributed by atoms with Crippen molar-refractivity contribution >= 4 is 11.6 Å². The summed E-state index contributed by atoms with van der Waals surface area (Å²) in [4.78, 5) is 12.5. The average molecular weight is 381 g/mol. The number of rotatable bonds is 9. The molecule has 2 N–H and O–H groups in total. The molecule has 2 rings (SSSR count). The van der Waals surface area contributed by atoms with Gasteiger partial charge >= 0.3 is 0 Å². The van der Waals surface area contributed by atoms with E-state index in [9.17, 15) is 4.79 Å². The van der Waals surface area contributed by atoms with Crippen molar-refractivity contribution < 1.29 is 14.3 Å². The zero-order chi connectivity index (χ0) is 20.5. The number of amides is 1. The number of nitrogens with one attached hydrogen (secondary N) is 2. The van der Waals surface area contributed by atoms with Gasteiger partial charge in [0.1, 0.15) is 0 Å². The monoisotopic (exact) mass is 381 g/mol. The summed E-state index contributed by atoms with van der Waals surface area (Å²) < 4.78 is 11.3. The summed E-state index contributed by atoms with van der Waals surface area (Å²) in [5, 5.41) is 15.1. The van der Waals surface area contributed by atoms with Gasteiger partial charge in [-0.1, -0.05) is 12.1 Å². The average Bonchev–Trinajstić information content (AvgIpc) is 2.69. The quantitative estimate of drug-likeness (QED) is 0.685. The Kier molecular flexibility index (Phi) is 7.85. The van der Waals surface area contributed by atoms with Gasteiger partial charge in [0.25, 0.3) is 0 Å². The first-order valence-electron chi connectivity index (χ1n) is 9.45. The second-order valence-corrected chi connectivity index (χ2v) is 6.36. The van der Waals surface area contributed by atoms with Crippen molar-refractivity contribution in [2.75, 3.05) is 18.5 Å². The lowest BCUT2D eigenvalue weighted by Crippen LogP contribution is -2.39. The molecule has 2 aromatic rings. The summed E-state index contributed by atoms with van der Waals surface area (Å²) in [5.74, 6) is 1.24. The lowest BCUT2D eigenvalue weighted by molar-refractivity contribution is -0.117. The van der Waals surface area contributed by atoms with Gasteiger partial charge in [-0.2, -0.15) is 5.26 Å². The number of carbonyl (C=O) groups is 1. The van der Waals surface area contributed by atoms with Crippen molar-refractivity contribution in [2.24, 2.45) is 0 Å². The summed E-state index contributed by atoms with van der Waals surface area (Å²) in [5.41, 5.74) is 2.10. The Labute approximate surface area is 166 Å². The standard InChI is InChI=1S/C22H27N3O3/c1-5-27-20-11-10-18(13-21(20)28-6-2)15(3)24-16(4)22(26)25-19-9-7-8-17(12-19)14-23/h7-13,15-16,24H,5-6H2,1-4H3,(H,25,26)/t15-,16-/m0/s1. The molecule has 0 fully saturated rings. The summed E-state index contributed by atoms with van der Waals surface area (Å²) in [7, 11) is 0. The second-order valence-electron chi connectivity index (χ2n) is 6.36. The molecular weight excluding hydrogens is 354 g/mol. The van der Waals surface area contributed by atoms with Crippen LogP contribution >= 0.6 is 0 Å². The summed E-state index contributed by atoms with van der Waals surface area (Å²) >= 11 is 0. The maximum absolute atomic E-state index is 12.5. The van der Waals surface area contributed by atoms with Gasteiger partial charge in [0, 0.05) is 11.7 Å². The first-order valence-corrected chi connectivity index (χ1v) is 9.45. The summed E-state index contributed by atoms with van der Waals surface area (Å²) in [6.07, 6.45) is 0. The van der Waals surface area contributed by atoms with E-state index >= 15 is 0 Å². The van der Waals surface area contributed by atoms with E-state index in [4.69, 9.17) is 14.7 Å². The number of nitrogens with zero attached hydrogens (tertiary/aromatic N) is 1. The fourth-order valence-corrected chi connectivity index (χ4v) is 2.80. The van der Waals surface area contributed by atoms with Gasteiger partial charge in [-0.05, 0) is 63.6 Å². The van der Waals surface area contributed by atoms with Crippen LogP contribution in [0.1, 0.15) is 44.9 Å². The molecule has 6 heteroatoms. The van der Waals surface area contributed by atoms with E-state index in [0.717, 1.165) is 5.56 Å². The lowest BCUT2D eigenvalue weighted by atomic mass is 10.1. The topological polar surface area (TPSA) is 83.4 Å². The Morgan fingerprint density at radius 2 is 1.79 bits per heavy atom. The molecule has 0 aromatic heterocycles. The molecule has 0 aliphatic heterocycles. The van der Waals surface area contributed by atoms with Gasteiger partial charge in [0.05, 0.1) is 30.9 Å². The smallest absolute Gasteiger partial charge is 0.241 e. The number of hydrogen-bond acceptors (Lipinski definition) is 5.